The highest BCUT2D eigenvalue weighted by molar-refractivity contribution is 7.09. The van der Waals surface area contributed by atoms with Gasteiger partial charge in [0.2, 0.25) is 0 Å². The van der Waals surface area contributed by atoms with Gasteiger partial charge in [-0.3, -0.25) is 0 Å². The highest BCUT2D eigenvalue weighted by Gasteiger charge is 1.93. The second kappa shape index (κ2) is 7.06. The molecule has 0 spiro atoms. The molecule has 0 aliphatic rings. The average Bonchev–Trinajstić information content (AvgIpc) is 2.63. The number of aryl methyl sites for hydroxylation is 1. The van der Waals surface area contributed by atoms with Gasteiger partial charge in [0, 0.05) is 11.4 Å². The maximum atomic E-state index is 8.51. The molecule has 2 N–H and O–H groups in total. The van der Waals surface area contributed by atoms with Gasteiger partial charge in [0.25, 0.3) is 0 Å². The van der Waals surface area contributed by atoms with Gasteiger partial charge in [-0.25, -0.2) is 0 Å². The summed E-state index contributed by atoms with van der Waals surface area (Å²) in [6.07, 6.45) is 3.62. The van der Waals surface area contributed by atoms with Gasteiger partial charge in [0.05, 0.1) is 6.61 Å². The van der Waals surface area contributed by atoms with Crippen molar-refractivity contribution in [2.75, 3.05) is 19.7 Å². The van der Waals surface area contributed by atoms with E-state index in [1.807, 2.05) is 11.3 Å². The summed E-state index contributed by atoms with van der Waals surface area (Å²) >= 11 is 1.83. The Morgan fingerprint density at radius 3 is 2.92 bits per heavy atom. The number of nitrogens with one attached hydrogen (secondary N) is 1. The Hall–Kier alpha value is -0.380. The van der Waals surface area contributed by atoms with Crippen molar-refractivity contribution in [2.24, 2.45) is 0 Å². The third-order valence-corrected chi connectivity index (χ3v) is 2.83. The van der Waals surface area contributed by atoms with Crippen molar-refractivity contribution >= 4 is 11.3 Å². The lowest BCUT2D eigenvalue weighted by molar-refractivity contribution is 0.292. The Morgan fingerprint density at radius 2 is 2.23 bits per heavy atom. The minimum absolute atomic E-state index is 0.241. The van der Waals surface area contributed by atoms with Gasteiger partial charge in [-0.05, 0) is 37.3 Å². The molecule has 1 aromatic heterocycles. The fourth-order valence-electron chi connectivity index (χ4n) is 1.21. The topological polar surface area (TPSA) is 32.3 Å². The zero-order chi connectivity index (χ0) is 9.36. The van der Waals surface area contributed by atoms with Crippen LogP contribution >= 0.6 is 11.3 Å². The molecule has 1 aromatic rings. The van der Waals surface area contributed by atoms with Gasteiger partial charge in [-0.2, -0.15) is 0 Å². The van der Waals surface area contributed by atoms with Gasteiger partial charge >= 0.3 is 0 Å². The van der Waals surface area contributed by atoms with E-state index in [2.05, 4.69) is 22.8 Å². The summed E-state index contributed by atoms with van der Waals surface area (Å²) in [7, 11) is 0. The highest BCUT2D eigenvalue weighted by Crippen LogP contribution is 2.11. The number of hydrogen-bond donors (Lipinski definition) is 2. The molecule has 0 aliphatic heterocycles. The minimum atomic E-state index is 0.241. The second-order valence-corrected chi connectivity index (χ2v) is 4.04. The van der Waals surface area contributed by atoms with Crippen LogP contribution in [0.5, 0.6) is 0 Å². The number of unbranched alkanes of at least 4 members (excludes halogenated alkanes) is 1. The average molecular weight is 199 g/mol. The molecule has 3 heteroatoms. The quantitative estimate of drug-likeness (QED) is 0.654. The number of aliphatic hydroxyl groups excluding tert-OH is 1. The summed E-state index contributed by atoms with van der Waals surface area (Å²) in [5.41, 5.74) is 0. The van der Waals surface area contributed by atoms with Crippen LogP contribution in [-0.2, 0) is 6.42 Å². The van der Waals surface area contributed by atoms with Crippen LogP contribution in [0.25, 0.3) is 0 Å². The van der Waals surface area contributed by atoms with Crippen molar-refractivity contribution in [3.63, 3.8) is 0 Å². The minimum Gasteiger partial charge on any atom is -0.395 e. The van der Waals surface area contributed by atoms with Crippen LogP contribution in [0.15, 0.2) is 17.5 Å². The summed E-state index contributed by atoms with van der Waals surface area (Å²) in [5.74, 6) is 0. The van der Waals surface area contributed by atoms with Gasteiger partial charge in [0.15, 0.2) is 0 Å². The first-order valence-electron chi connectivity index (χ1n) is 4.77. The van der Waals surface area contributed by atoms with Crippen molar-refractivity contribution in [3.05, 3.63) is 22.4 Å². The van der Waals surface area contributed by atoms with Crippen LogP contribution < -0.4 is 5.32 Å². The SMILES string of the molecule is OCCNCCCCc1cccs1. The normalized spacial score (nSPS) is 10.5. The Labute approximate surface area is 83.6 Å². The van der Waals surface area contributed by atoms with Gasteiger partial charge in [-0.15, -0.1) is 11.3 Å². The van der Waals surface area contributed by atoms with E-state index in [1.165, 1.54) is 24.1 Å². The lowest BCUT2D eigenvalue weighted by Gasteiger charge is -2.01. The van der Waals surface area contributed by atoms with E-state index in [0.717, 1.165) is 13.1 Å². The molecule has 74 valence electrons. The van der Waals surface area contributed by atoms with E-state index in [-0.39, 0.29) is 6.61 Å². The molecule has 0 atom stereocenters. The van der Waals surface area contributed by atoms with E-state index in [9.17, 15) is 0 Å². The van der Waals surface area contributed by atoms with Crippen molar-refractivity contribution in [1.29, 1.82) is 0 Å². The maximum absolute atomic E-state index is 8.51. The summed E-state index contributed by atoms with van der Waals surface area (Å²) in [6, 6.07) is 4.29. The number of rotatable bonds is 7. The predicted molar refractivity (Wildman–Crippen MR) is 57.2 cm³/mol. The zero-order valence-electron chi connectivity index (χ0n) is 7.83. The number of thiophene rings is 1. The van der Waals surface area contributed by atoms with Gasteiger partial charge in [-0.1, -0.05) is 6.07 Å². The summed E-state index contributed by atoms with van der Waals surface area (Å²) in [6.45, 7) is 1.98. The summed E-state index contributed by atoms with van der Waals surface area (Å²) < 4.78 is 0. The first-order chi connectivity index (χ1) is 6.43. The van der Waals surface area contributed by atoms with Crippen LogP contribution in [0.1, 0.15) is 17.7 Å². The zero-order valence-corrected chi connectivity index (χ0v) is 8.65. The fraction of sp³-hybridized carbons (Fsp3) is 0.600. The Balaban J connectivity index is 1.90. The molecule has 1 rings (SSSR count). The Morgan fingerprint density at radius 1 is 1.31 bits per heavy atom. The second-order valence-electron chi connectivity index (χ2n) is 3.01. The van der Waals surface area contributed by atoms with Crippen LogP contribution in [-0.4, -0.2) is 24.8 Å². The molecular weight excluding hydrogens is 182 g/mol. The molecule has 0 radical (unpaired) electrons. The summed E-state index contributed by atoms with van der Waals surface area (Å²) in [4.78, 5) is 1.47. The van der Waals surface area contributed by atoms with Gasteiger partial charge in [0.1, 0.15) is 0 Å². The lowest BCUT2D eigenvalue weighted by Crippen LogP contribution is -2.19. The largest absolute Gasteiger partial charge is 0.395 e. The van der Waals surface area contributed by atoms with E-state index < -0.39 is 0 Å². The van der Waals surface area contributed by atoms with Crippen LogP contribution in [0.3, 0.4) is 0 Å². The van der Waals surface area contributed by atoms with Crippen molar-refractivity contribution in [2.45, 2.75) is 19.3 Å². The number of aliphatic hydroxyl groups is 1. The molecule has 0 fully saturated rings. The summed E-state index contributed by atoms with van der Waals surface area (Å²) in [5, 5.41) is 13.8. The van der Waals surface area contributed by atoms with Gasteiger partial charge < -0.3 is 10.4 Å². The smallest absolute Gasteiger partial charge is 0.0555 e. The third-order valence-electron chi connectivity index (χ3n) is 1.90. The maximum Gasteiger partial charge on any atom is 0.0555 e. The number of hydrogen-bond acceptors (Lipinski definition) is 3. The molecule has 0 aromatic carbocycles. The van der Waals surface area contributed by atoms with E-state index in [4.69, 9.17) is 5.11 Å². The van der Waals surface area contributed by atoms with Crippen molar-refractivity contribution in [3.8, 4) is 0 Å². The molecule has 0 amide bonds. The first-order valence-corrected chi connectivity index (χ1v) is 5.65. The standard InChI is InChI=1S/C10H17NOS/c12-8-7-11-6-2-1-4-10-5-3-9-13-10/h3,5,9,11-12H,1-2,4,6-8H2. The predicted octanol–water partition coefficient (Wildman–Crippen LogP) is 1.65. The molecule has 13 heavy (non-hydrogen) atoms. The molecule has 2 nitrogen and oxygen atoms in total. The first kappa shape index (κ1) is 10.7. The Bertz CT molecular complexity index is 199. The fourth-order valence-corrected chi connectivity index (χ4v) is 1.96. The van der Waals surface area contributed by atoms with Crippen LogP contribution in [0, 0.1) is 0 Å². The van der Waals surface area contributed by atoms with Crippen LogP contribution in [0.2, 0.25) is 0 Å². The van der Waals surface area contributed by atoms with Crippen molar-refractivity contribution < 1.29 is 5.11 Å². The lowest BCUT2D eigenvalue weighted by atomic mass is 10.2. The third kappa shape index (κ3) is 5.03. The Kier molecular flexibility index (Phi) is 5.81. The highest BCUT2D eigenvalue weighted by atomic mass is 32.1. The molecule has 0 aliphatic carbocycles. The molecule has 0 bridgehead atoms. The molecule has 0 saturated carbocycles. The molecule has 0 unspecified atom stereocenters. The van der Waals surface area contributed by atoms with Crippen molar-refractivity contribution in [1.82, 2.24) is 5.32 Å². The van der Waals surface area contributed by atoms with Crippen LogP contribution in [0.4, 0.5) is 0 Å². The molecular formula is C10H17NOS. The van der Waals surface area contributed by atoms with E-state index in [1.54, 1.807) is 0 Å². The van der Waals surface area contributed by atoms with E-state index >= 15 is 0 Å². The van der Waals surface area contributed by atoms with E-state index in [0.29, 0.717) is 0 Å². The molecule has 0 saturated heterocycles. The monoisotopic (exact) mass is 199 g/mol. The molecule has 1 heterocycles.